The highest BCUT2D eigenvalue weighted by Crippen LogP contribution is 2.28. The molecule has 1 heterocycles. The van der Waals surface area contributed by atoms with Crippen molar-refractivity contribution in [2.45, 2.75) is 6.61 Å². The molecule has 3 nitrogen and oxygen atoms in total. The molecule has 5 heteroatoms. The number of pyridine rings is 1. The highest BCUT2D eigenvalue weighted by atomic mass is 19.1. The van der Waals surface area contributed by atoms with Crippen LogP contribution in [0.25, 0.3) is 0 Å². The number of nitrogens with zero attached hydrogens (tertiary/aromatic N) is 1. The van der Waals surface area contributed by atoms with Crippen LogP contribution in [0.2, 0.25) is 0 Å². The largest absolute Gasteiger partial charge is 0.450 e. The summed E-state index contributed by atoms with van der Waals surface area (Å²) in [4.78, 5) is 3.76. The SMILES string of the molecule is OCc1cc(F)c(Oc2cccnc2)c(F)c1. The number of halogens is 2. The fourth-order valence-corrected chi connectivity index (χ4v) is 1.33. The summed E-state index contributed by atoms with van der Waals surface area (Å²) in [5.74, 6) is -1.99. The van der Waals surface area contributed by atoms with Gasteiger partial charge in [0.1, 0.15) is 5.75 Å². The Morgan fingerprint density at radius 3 is 2.47 bits per heavy atom. The zero-order valence-corrected chi connectivity index (χ0v) is 8.73. The minimum atomic E-state index is -0.863. The molecule has 0 saturated heterocycles. The summed E-state index contributed by atoms with van der Waals surface area (Å²) in [7, 11) is 0. The lowest BCUT2D eigenvalue weighted by molar-refractivity contribution is 0.279. The third-order valence-electron chi connectivity index (χ3n) is 2.09. The fraction of sp³-hybridized carbons (Fsp3) is 0.0833. The molecule has 1 N–H and O–H groups in total. The Balaban J connectivity index is 2.33. The number of hydrogen-bond donors (Lipinski definition) is 1. The first-order valence-electron chi connectivity index (χ1n) is 4.87. The molecule has 1 aromatic carbocycles. The summed E-state index contributed by atoms with van der Waals surface area (Å²) >= 11 is 0. The summed E-state index contributed by atoms with van der Waals surface area (Å²) in [5, 5.41) is 8.78. The average Bonchev–Trinajstić information content (AvgIpc) is 2.35. The smallest absolute Gasteiger partial charge is 0.198 e. The summed E-state index contributed by atoms with van der Waals surface area (Å²) in [6.07, 6.45) is 2.87. The normalized spacial score (nSPS) is 10.3. The van der Waals surface area contributed by atoms with E-state index in [1.165, 1.54) is 18.5 Å². The number of aliphatic hydroxyl groups is 1. The lowest BCUT2D eigenvalue weighted by atomic mass is 10.2. The van der Waals surface area contributed by atoms with E-state index < -0.39 is 24.0 Å². The number of ether oxygens (including phenoxy) is 1. The molecule has 0 aliphatic heterocycles. The third kappa shape index (κ3) is 2.57. The summed E-state index contributed by atoms with van der Waals surface area (Å²) < 4.78 is 32.0. The van der Waals surface area contributed by atoms with Gasteiger partial charge >= 0.3 is 0 Å². The van der Waals surface area contributed by atoms with E-state index in [4.69, 9.17) is 9.84 Å². The molecule has 0 amide bonds. The van der Waals surface area contributed by atoms with Crippen molar-refractivity contribution < 1.29 is 18.6 Å². The van der Waals surface area contributed by atoms with Gasteiger partial charge in [0.2, 0.25) is 0 Å². The number of aromatic nitrogens is 1. The van der Waals surface area contributed by atoms with E-state index in [2.05, 4.69) is 4.98 Å². The second-order valence-electron chi connectivity index (χ2n) is 3.34. The Kier molecular flexibility index (Phi) is 3.30. The molecule has 0 aliphatic rings. The van der Waals surface area contributed by atoms with Gasteiger partial charge in [0.05, 0.1) is 12.8 Å². The van der Waals surface area contributed by atoms with Crippen LogP contribution in [0.4, 0.5) is 8.78 Å². The molecule has 2 aromatic rings. The molecular formula is C12H9F2NO2. The Morgan fingerprint density at radius 1 is 1.24 bits per heavy atom. The topological polar surface area (TPSA) is 42.4 Å². The monoisotopic (exact) mass is 237 g/mol. The van der Waals surface area contributed by atoms with Gasteiger partial charge in [-0.1, -0.05) is 0 Å². The lowest BCUT2D eigenvalue weighted by Gasteiger charge is -2.08. The highest BCUT2D eigenvalue weighted by molar-refractivity contribution is 5.34. The molecule has 17 heavy (non-hydrogen) atoms. The first-order valence-corrected chi connectivity index (χ1v) is 4.87. The maximum absolute atomic E-state index is 13.5. The minimum Gasteiger partial charge on any atom is -0.450 e. The van der Waals surface area contributed by atoms with E-state index in [1.54, 1.807) is 6.07 Å². The second kappa shape index (κ2) is 4.88. The standard InChI is InChI=1S/C12H9F2NO2/c13-10-4-8(7-16)5-11(14)12(10)17-9-2-1-3-15-6-9/h1-6,16H,7H2. The van der Waals surface area contributed by atoms with E-state index >= 15 is 0 Å². The van der Waals surface area contributed by atoms with Gasteiger partial charge in [0.15, 0.2) is 17.4 Å². The average molecular weight is 237 g/mol. The quantitative estimate of drug-likeness (QED) is 0.892. The van der Waals surface area contributed by atoms with Crippen LogP contribution < -0.4 is 4.74 Å². The van der Waals surface area contributed by atoms with E-state index in [0.717, 1.165) is 12.1 Å². The second-order valence-corrected chi connectivity index (χ2v) is 3.34. The van der Waals surface area contributed by atoms with Crippen LogP contribution in [-0.2, 0) is 6.61 Å². The third-order valence-corrected chi connectivity index (χ3v) is 2.09. The van der Waals surface area contributed by atoms with E-state index in [0.29, 0.717) is 0 Å². The molecular weight excluding hydrogens is 228 g/mol. The van der Waals surface area contributed by atoms with E-state index in [1.807, 2.05) is 0 Å². The fourth-order valence-electron chi connectivity index (χ4n) is 1.33. The van der Waals surface area contributed by atoms with Gasteiger partial charge in [-0.15, -0.1) is 0 Å². The Morgan fingerprint density at radius 2 is 1.94 bits per heavy atom. The van der Waals surface area contributed by atoms with Crippen LogP contribution in [0.5, 0.6) is 11.5 Å². The van der Waals surface area contributed by atoms with Crippen molar-refractivity contribution in [3.63, 3.8) is 0 Å². The number of benzene rings is 1. The molecule has 1 aromatic heterocycles. The van der Waals surface area contributed by atoms with Crippen LogP contribution in [0.15, 0.2) is 36.7 Å². The van der Waals surface area contributed by atoms with Crippen LogP contribution in [0, 0.1) is 11.6 Å². The lowest BCUT2D eigenvalue weighted by Crippen LogP contribution is -1.96. The Hall–Kier alpha value is -2.01. The van der Waals surface area contributed by atoms with Gasteiger partial charge in [-0.2, -0.15) is 0 Å². The summed E-state index contributed by atoms with van der Waals surface area (Å²) in [6.45, 7) is -0.430. The van der Waals surface area contributed by atoms with Crippen molar-refractivity contribution in [3.8, 4) is 11.5 Å². The van der Waals surface area contributed by atoms with Crippen LogP contribution in [-0.4, -0.2) is 10.1 Å². The number of aliphatic hydroxyl groups excluding tert-OH is 1. The molecule has 0 spiro atoms. The van der Waals surface area contributed by atoms with Crippen molar-refractivity contribution in [3.05, 3.63) is 53.9 Å². The van der Waals surface area contributed by atoms with Crippen molar-refractivity contribution in [2.24, 2.45) is 0 Å². The first kappa shape index (κ1) is 11.5. The first-order chi connectivity index (χ1) is 8.20. The van der Waals surface area contributed by atoms with Gasteiger partial charge in [-0.05, 0) is 29.8 Å². The van der Waals surface area contributed by atoms with Crippen molar-refractivity contribution >= 4 is 0 Å². The number of hydrogen-bond acceptors (Lipinski definition) is 3. The Bertz CT molecular complexity index is 494. The van der Waals surface area contributed by atoms with Gasteiger partial charge in [-0.25, -0.2) is 8.78 Å². The van der Waals surface area contributed by atoms with Crippen molar-refractivity contribution in [2.75, 3.05) is 0 Å². The van der Waals surface area contributed by atoms with Crippen LogP contribution >= 0.6 is 0 Å². The van der Waals surface area contributed by atoms with Gasteiger partial charge in [-0.3, -0.25) is 4.98 Å². The zero-order chi connectivity index (χ0) is 12.3. The number of rotatable bonds is 3. The minimum absolute atomic E-state index is 0.151. The molecule has 0 atom stereocenters. The van der Waals surface area contributed by atoms with Gasteiger partial charge < -0.3 is 9.84 Å². The predicted octanol–water partition coefficient (Wildman–Crippen LogP) is 2.64. The van der Waals surface area contributed by atoms with Gasteiger partial charge in [0, 0.05) is 6.20 Å². The molecule has 0 radical (unpaired) electrons. The molecule has 0 fully saturated rings. The van der Waals surface area contributed by atoms with Gasteiger partial charge in [0.25, 0.3) is 0 Å². The zero-order valence-electron chi connectivity index (χ0n) is 8.73. The molecule has 0 saturated carbocycles. The maximum atomic E-state index is 13.5. The van der Waals surface area contributed by atoms with Crippen molar-refractivity contribution in [1.29, 1.82) is 0 Å². The Labute approximate surface area is 96.3 Å². The van der Waals surface area contributed by atoms with E-state index in [9.17, 15) is 8.78 Å². The molecule has 0 bridgehead atoms. The van der Waals surface area contributed by atoms with Crippen molar-refractivity contribution in [1.82, 2.24) is 4.98 Å². The van der Waals surface area contributed by atoms with Crippen LogP contribution in [0.3, 0.4) is 0 Å². The molecule has 88 valence electrons. The molecule has 2 rings (SSSR count). The van der Waals surface area contributed by atoms with Crippen LogP contribution in [0.1, 0.15) is 5.56 Å². The van der Waals surface area contributed by atoms with E-state index in [-0.39, 0.29) is 11.3 Å². The summed E-state index contributed by atoms with van der Waals surface area (Å²) in [5.41, 5.74) is 0.151. The highest BCUT2D eigenvalue weighted by Gasteiger charge is 2.13. The molecule has 0 aliphatic carbocycles. The maximum Gasteiger partial charge on any atom is 0.198 e. The summed E-state index contributed by atoms with van der Waals surface area (Å²) in [6, 6.07) is 5.17. The predicted molar refractivity (Wildman–Crippen MR) is 56.6 cm³/mol. The molecule has 0 unspecified atom stereocenters.